The fourth-order valence-electron chi connectivity index (χ4n) is 0.440. The number of nitrogens with two attached hydrogens (primary N) is 1. The third kappa shape index (κ3) is 9.19. The van der Waals surface area contributed by atoms with E-state index in [1.165, 1.54) is 7.05 Å². The molecule has 1 heterocycles. The van der Waals surface area contributed by atoms with Gasteiger partial charge in [-0.3, -0.25) is 0 Å². The number of amides is 2. The maximum absolute atomic E-state index is 9.48. The topological polar surface area (TPSA) is 73.6 Å². The minimum atomic E-state index is -0.495. The summed E-state index contributed by atoms with van der Waals surface area (Å²) in [6.45, 7) is 1.56. The first kappa shape index (κ1) is 10.2. The highest BCUT2D eigenvalue weighted by molar-refractivity contribution is 5.71. The van der Waals surface area contributed by atoms with Crippen LogP contribution in [0.3, 0.4) is 0 Å². The van der Waals surface area contributed by atoms with Gasteiger partial charge < -0.3 is 11.1 Å². The Balaban J connectivity index is 0.000000187. The van der Waals surface area contributed by atoms with Crippen LogP contribution in [0.1, 0.15) is 12.8 Å². The van der Waals surface area contributed by atoms with Gasteiger partial charge in [-0.1, -0.05) is 0 Å². The first-order chi connectivity index (χ1) is 5.27. The second-order valence-electron chi connectivity index (χ2n) is 1.97. The summed E-state index contributed by atoms with van der Waals surface area (Å²) in [5.74, 6) is 0. The van der Waals surface area contributed by atoms with Gasteiger partial charge in [0.2, 0.25) is 0 Å². The van der Waals surface area contributed by atoms with Crippen molar-refractivity contribution >= 4 is 6.03 Å². The highest BCUT2D eigenvalue weighted by Crippen LogP contribution is 1.97. The van der Waals surface area contributed by atoms with Crippen molar-refractivity contribution in [2.75, 3.05) is 20.3 Å². The summed E-state index contributed by atoms with van der Waals surface area (Å²) < 4.78 is 0. The van der Waals surface area contributed by atoms with Gasteiger partial charge in [-0.25, -0.2) is 14.6 Å². The fourth-order valence-corrected chi connectivity index (χ4v) is 0.440. The lowest BCUT2D eigenvalue weighted by Crippen LogP contribution is -2.24. The predicted octanol–water partition coefficient (Wildman–Crippen LogP) is 0.0129. The molecule has 5 nitrogen and oxygen atoms in total. The van der Waals surface area contributed by atoms with Gasteiger partial charge in [0.15, 0.2) is 0 Å². The standard InChI is InChI=1S/C4H8O2.C2H6N2O/c1-2-4-6-5-3-1;1-4-2(3)5/h1-4H2;1H3,(H3,3,4,5). The normalized spacial score (nSPS) is 16.1. The Bertz CT molecular complexity index is 92.5. The molecule has 0 saturated carbocycles. The molecule has 0 atom stereocenters. The van der Waals surface area contributed by atoms with Crippen LogP contribution in [0.2, 0.25) is 0 Å². The van der Waals surface area contributed by atoms with Crippen LogP contribution in [0, 0.1) is 0 Å². The second-order valence-corrected chi connectivity index (χ2v) is 1.97. The van der Waals surface area contributed by atoms with Gasteiger partial charge in [-0.2, -0.15) is 0 Å². The van der Waals surface area contributed by atoms with Gasteiger partial charge in [0.1, 0.15) is 0 Å². The van der Waals surface area contributed by atoms with Crippen molar-refractivity contribution in [3.05, 3.63) is 0 Å². The summed E-state index contributed by atoms with van der Waals surface area (Å²) >= 11 is 0. The van der Waals surface area contributed by atoms with E-state index in [0.29, 0.717) is 0 Å². The molecule has 1 rings (SSSR count). The molecule has 66 valence electrons. The molecule has 0 aromatic rings. The number of carbonyl (C=O) groups is 1. The van der Waals surface area contributed by atoms with Gasteiger partial charge in [0, 0.05) is 7.05 Å². The van der Waals surface area contributed by atoms with Gasteiger partial charge in [0.05, 0.1) is 13.2 Å². The summed E-state index contributed by atoms with van der Waals surface area (Å²) in [6.07, 6.45) is 2.31. The molecule has 11 heavy (non-hydrogen) atoms. The lowest BCUT2D eigenvalue weighted by Gasteiger charge is -2.07. The van der Waals surface area contributed by atoms with Crippen molar-refractivity contribution in [1.29, 1.82) is 0 Å². The summed E-state index contributed by atoms with van der Waals surface area (Å²) in [5.41, 5.74) is 4.54. The molecule has 0 radical (unpaired) electrons. The average Bonchev–Trinajstić information content (AvgIpc) is 2.09. The molecule has 0 spiro atoms. The van der Waals surface area contributed by atoms with Crippen LogP contribution >= 0.6 is 0 Å². The zero-order valence-electron chi connectivity index (χ0n) is 6.63. The van der Waals surface area contributed by atoms with Gasteiger partial charge in [-0.05, 0) is 12.8 Å². The van der Waals surface area contributed by atoms with E-state index in [1.54, 1.807) is 0 Å². The zero-order chi connectivity index (χ0) is 8.53. The van der Waals surface area contributed by atoms with Crippen LogP contribution in [-0.4, -0.2) is 26.3 Å². The van der Waals surface area contributed by atoms with E-state index in [0.717, 1.165) is 26.1 Å². The van der Waals surface area contributed by atoms with Crippen molar-refractivity contribution in [3.8, 4) is 0 Å². The summed E-state index contributed by atoms with van der Waals surface area (Å²) in [5, 5.41) is 2.17. The molecule has 1 fully saturated rings. The van der Waals surface area contributed by atoms with Crippen LogP contribution in [0.5, 0.6) is 0 Å². The van der Waals surface area contributed by atoms with Crippen LogP contribution in [0.25, 0.3) is 0 Å². The second kappa shape index (κ2) is 7.30. The molecular formula is C6H14N2O3. The summed E-state index contributed by atoms with van der Waals surface area (Å²) in [6, 6.07) is -0.495. The highest BCUT2D eigenvalue weighted by atomic mass is 17.2. The first-order valence-electron chi connectivity index (χ1n) is 3.49. The van der Waals surface area contributed by atoms with Crippen molar-refractivity contribution in [3.63, 3.8) is 0 Å². The maximum atomic E-state index is 9.48. The molecule has 1 aliphatic heterocycles. The van der Waals surface area contributed by atoms with E-state index < -0.39 is 6.03 Å². The molecule has 3 N–H and O–H groups in total. The number of hydrogen-bond acceptors (Lipinski definition) is 3. The molecule has 0 aromatic carbocycles. The molecular weight excluding hydrogens is 148 g/mol. The number of nitrogens with one attached hydrogen (secondary N) is 1. The molecule has 0 aliphatic carbocycles. The van der Waals surface area contributed by atoms with E-state index in [1.807, 2.05) is 0 Å². The maximum Gasteiger partial charge on any atom is 0.311 e. The van der Waals surface area contributed by atoms with E-state index in [9.17, 15) is 4.79 Å². The monoisotopic (exact) mass is 162 g/mol. The van der Waals surface area contributed by atoms with Crippen molar-refractivity contribution < 1.29 is 14.6 Å². The predicted molar refractivity (Wildman–Crippen MR) is 39.8 cm³/mol. The minimum Gasteiger partial charge on any atom is -0.352 e. The zero-order valence-corrected chi connectivity index (χ0v) is 6.63. The molecule has 0 unspecified atom stereocenters. The number of rotatable bonds is 0. The van der Waals surface area contributed by atoms with Crippen molar-refractivity contribution in [2.24, 2.45) is 5.73 Å². The summed E-state index contributed by atoms with van der Waals surface area (Å²) in [7, 11) is 1.47. The largest absolute Gasteiger partial charge is 0.352 e. The molecule has 5 heteroatoms. The number of urea groups is 1. The molecule has 0 aromatic heterocycles. The minimum absolute atomic E-state index is 0.495. The highest BCUT2D eigenvalue weighted by Gasteiger charge is 1.95. The number of carbonyl (C=O) groups excluding carboxylic acids is 1. The van der Waals surface area contributed by atoms with Gasteiger partial charge >= 0.3 is 6.03 Å². The van der Waals surface area contributed by atoms with Crippen LogP contribution in [0.15, 0.2) is 0 Å². The van der Waals surface area contributed by atoms with Crippen molar-refractivity contribution in [1.82, 2.24) is 5.32 Å². The van der Waals surface area contributed by atoms with Crippen LogP contribution < -0.4 is 11.1 Å². The Morgan fingerprint density at radius 3 is 1.82 bits per heavy atom. The van der Waals surface area contributed by atoms with Crippen LogP contribution in [-0.2, 0) is 9.78 Å². The number of hydrogen-bond donors (Lipinski definition) is 2. The molecule has 1 saturated heterocycles. The quantitative estimate of drug-likeness (QED) is 0.493. The summed E-state index contributed by atoms with van der Waals surface area (Å²) in [4.78, 5) is 18.6. The fraction of sp³-hybridized carbons (Fsp3) is 0.833. The Morgan fingerprint density at radius 2 is 1.73 bits per heavy atom. The van der Waals surface area contributed by atoms with Crippen LogP contribution in [0.4, 0.5) is 4.79 Å². The van der Waals surface area contributed by atoms with E-state index in [4.69, 9.17) is 0 Å². The average molecular weight is 162 g/mol. The smallest absolute Gasteiger partial charge is 0.311 e. The molecule has 0 bridgehead atoms. The van der Waals surface area contributed by atoms with Gasteiger partial charge in [0.25, 0.3) is 0 Å². The molecule has 2 amide bonds. The van der Waals surface area contributed by atoms with E-state index in [2.05, 4.69) is 20.8 Å². The Hall–Kier alpha value is -0.810. The van der Waals surface area contributed by atoms with Crippen molar-refractivity contribution in [2.45, 2.75) is 12.8 Å². The Morgan fingerprint density at radius 1 is 1.36 bits per heavy atom. The number of primary amides is 1. The van der Waals surface area contributed by atoms with E-state index >= 15 is 0 Å². The SMILES string of the molecule is C1CCOOC1.CNC(N)=O. The van der Waals surface area contributed by atoms with Gasteiger partial charge in [-0.15, -0.1) is 0 Å². The van der Waals surface area contributed by atoms with E-state index in [-0.39, 0.29) is 0 Å². The lowest BCUT2D eigenvalue weighted by atomic mass is 10.3. The third-order valence-electron chi connectivity index (χ3n) is 1.04. The first-order valence-corrected chi connectivity index (χ1v) is 3.49. The molecule has 1 aliphatic rings. The Labute approximate surface area is 65.8 Å². The Kier molecular flexibility index (Phi) is 6.76. The third-order valence-corrected chi connectivity index (χ3v) is 1.04. The lowest BCUT2D eigenvalue weighted by molar-refractivity contribution is -0.312.